The van der Waals surface area contributed by atoms with E-state index in [0.29, 0.717) is 18.7 Å². The molecule has 0 amide bonds. The van der Waals surface area contributed by atoms with Crippen LogP contribution in [0.25, 0.3) is 0 Å². The number of morpholine rings is 1. The van der Waals surface area contributed by atoms with Gasteiger partial charge in [0.15, 0.2) is 6.10 Å². The van der Waals surface area contributed by atoms with E-state index in [1.165, 1.54) is 0 Å². The maximum Gasteiger partial charge on any atom is 0.161 e. The van der Waals surface area contributed by atoms with Gasteiger partial charge in [0.1, 0.15) is 0 Å². The molecule has 0 aliphatic carbocycles. The van der Waals surface area contributed by atoms with Gasteiger partial charge in [-0.1, -0.05) is 15.9 Å². The van der Waals surface area contributed by atoms with E-state index in [9.17, 15) is 0 Å². The highest BCUT2D eigenvalue weighted by Gasteiger charge is 2.20. The van der Waals surface area contributed by atoms with Crippen LogP contribution in [0.15, 0.2) is 22.7 Å². The quantitative estimate of drug-likeness (QED) is 0.795. The Balaban J connectivity index is 2.25. The first-order chi connectivity index (χ1) is 8.22. The largest absolute Gasteiger partial charge is 0.365 e. The minimum Gasteiger partial charge on any atom is -0.365 e. The molecule has 86 valence electrons. The molecular formula is C12H10BrN3O. The summed E-state index contributed by atoms with van der Waals surface area (Å²) in [5.41, 5.74) is 1.55. The van der Waals surface area contributed by atoms with Crippen LogP contribution in [-0.2, 0) is 4.74 Å². The van der Waals surface area contributed by atoms with E-state index in [0.717, 1.165) is 16.7 Å². The molecule has 0 saturated carbocycles. The molecule has 0 N–H and O–H groups in total. The van der Waals surface area contributed by atoms with Crippen molar-refractivity contribution in [1.82, 2.24) is 0 Å². The van der Waals surface area contributed by atoms with Crippen molar-refractivity contribution < 1.29 is 4.74 Å². The lowest BCUT2D eigenvalue weighted by molar-refractivity contribution is 0.0764. The molecule has 1 atom stereocenters. The third-order valence-electron chi connectivity index (χ3n) is 2.59. The van der Waals surface area contributed by atoms with Crippen molar-refractivity contribution in [3.05, 3.63) is 28.2 Å². The summed E-state index contributed by atoms with van der Waals surface area (Å²) in [6.45, 7) is 1.81. The van der Waals surface area contributed by atoms with Crippen LogP contribution in [0.3, 0.4) is 0 Å². The Morgan fingerprint density at radius 3 is 2.88 bits per heavy atom. The highest BCUT2D eigenvalue weighted by Crippen LogP contribution is 2.24. The summed E-state index contributed by atoms with van der Waals surface area (Å²) < 4.78 is 6.15. The molecule has 1 aromatic rings. The predicted octanol–water partition coefficient (Wildman–Crippen LogP) is 2.05. The Morgan fingerprint density at radius 2 is 2.18 bits per heavy atom. The molecule has 1 saturated heterocycles. The molecule has 0 spiro atoms. The molecule has 1 heterocycles. The molecule has 0 radical (unpaired) electrons. The van der Waals surface area contributed by atoms with Crippen LogP contribution in [0.4, 0.5) is 5.69 Å². The minimum atomic E-state index is -0.395. The van der Waals surface area contributed by atoms with Crippen molar-refractivity contribution in [2.75, 3.05) is 24.6 Å². The molecule has 1 unspecified atom stereocenters. The number of hydrogen-bond acceptors (Lipinski definition) is 4. The van der Waals surface area contributed by atoms with Gasteiger partial charge in [0.25, 0.3) is 0 Å². The topological polar surface area (TPSA) is 60.1 Å². The van der Waals surface area contributed by atoms with Gasteiger partial charge in [-0.2, -0.15) is 10.5 Å². The summed E-state index contributed by atoms with van der Waals surface area (Å²) >= 11 is 3.38. The number of anilines is 1. The zero-order chi connectivity index (χ0) is 12.3. The number of rotatable bonds is 1. The van der Waals surface area contributed by atoms with Gasteiger partial charge in [0.2, 0.25) is 0 Å². The Labute approximate surface area is 108 Å². The van der Waals surface area contributed by atoms with E-state index in [1.807, 2.05) is 12.1 Å². The van der Waals surface area contributed by atoms with Gasteiger partial charge in [-0.05, 0) is 18.2 Å². The molecule has 0 aromatic heterocycles. The Kier molecular flexibility index (Phi) is 3.63. The summed E-state index contributed by atoms with van der Waals surface area (Å²) in [5, 5.41) is 17.8. The lowest BCUT2D eigenvalue weighted by Gasteiger charge is -2.31. The van der Waals surface area contributed by atoms with E-state index < -0.39 is 6.10 Å². The Bertz CT molecular complexity index is 503. The van der Waals surface area contributed by atoms with Crippen LogP contribution >= 0.6 is 15.9 Å². The van der Waals surface area contributed by atoms with Crippen molar-refractivity contribution in [1.29, 1.82) is 10.5 Å². The summed E-state index contributed by atoms with van der Waals surface area (Å²) in [4.78, 5) is 2.06. The predicted molar refractivity (Wildman–Crippen MR) is 66.4 cm³/mol. The molecule has 4 nitrogen and oxygen atoms in total. The Morgan fingerprint density at radius 1 is 1.35 bits per heavy atom. The van der Waals surface area contributed by atoms with Gasteiger partial charge in [-0.3, -0.25) is 0 Å². The van der Waals surface area contributed by atoms with Gasteiger partial charge in [-0.15, -0.1) is 0 Å². The van der Waals surface area contributed by atoms with Crippen LogP contribution in [-0.4, -0.2) is 25.8 Å². The normalized spacial score (nSPS) is 19.5. The van der Waals surface area contributed by atoms with Crippen molar-refractivity contribution in [2.24, 2.45) is 0 Å². The number of hydrogen-bond donors (Lipinski definition) is 0. The summed E-state index contributed by atoms with van der Waals surface area (Å²) in [7, 11) is 0. The zero-order valence-electron chi connectivity index (χ0n) is 9.06. The second-order valence-electron chi connectivity index (χ2n) is 3.74. The molecule has 2 rings (SSSR count). The number of ether oxygens (including phenoxy) is 1. The third-order valence-corrected chi connectivity index (χ3v) is 3.05. The minimum absolute atomic E-state index is 0.395. The average Bonchev–Trinajstić information content (AvgIpc) is 2.38. The fourth-order valence-electron chi connectivity index (χ4n) is 1.78. The van der Waals surface area contributed by atoms with Crippen molar-refractivity contribution >= 4 is 21.6 Å². The molecule has 1 aliphatic heterocycles. The molecular weight excluding hydrogens is 282 g/mol. The number of halogens is 1. The van der Waals surface area contributed by atoms with Gasteiger partial charge in [-0.25, -0.2) is 0 Å². The van der Waals surface area contributed by atoms with Gasteiger partial charge >= 0.3 is 0 Å². The van der Waals surface area contributed by atoms with Crippen LogP contribution in [0.2, 0.25) is 0 Å². The van der Waals surface area contributed by atoms with E-state index in [-0.39, 0.29) is 0 Å². The second-order valence-corrected chi connectivity index (χ2v) is 4.66. The number of nitrogens with zero attached hydrogens (tertiary/aromatic N) is 3. The zero-order valence-corrected chi connectivity index (χ0v) is 10.6. The van der Waals surface area contributed by atoms with E-state index >= 15 is 0 Å². The monoisotopic (exact) mass is 291 g/mol. The fourth-order valence-corrected chi connectivity index (χ4v) is 2.26. The average molecular weight is 292 g/mol. The molecule has 1 fully saturated rings. The molecule has 1 aliphatic rings. The van der Waals surface area contributed by atoms with Gasteiger partial charge in [0, 0.05) is 16.7 Å². The van der Waals surface area contributed by atoms with Crippen LogP contribution in [0, 0.1) is 22.7 Å². The lowest BCUT2D eigenvalue weighted by atomic mass is 10.2. The summed E-state index contributed by atoms with van der Waals surface area (Å²) in [6, 6.07) is 9.76. The number of benzene rings is 1. The second kappa shape index (κ2) is 5.18. The third kappa shape index (κ3) is 2.76. The van der Waals surface area contributed by atoms with Crippen LogP contribution < -0.4 is 4.90 Å². The first-order valence-electron chi connectivity index (χ1n) is 5.20. The van der Waals surface area contributed by atoms with Crippen molar-refractivity contribution in [3.8, 4) is 12.1 Å². The van der Waals surface area contributed by atoms with Gasteiger partial charge in [0.05, 0.1) is 30.9 Å². The van der Waals surface area contributed by atoms with Crippen LogP contribution in [0.1, 0.15) is 5.56 Å². The van der Waals surface area contributed by atoms with Crippen LogP contribution in [0.5, 0.6) is 0 Å². The standard InChI is InChI=1S/C12H10BrN3O/c13-10-3-9(6-14)4-11(5-10)16-1-2-17-12(7-15)8-16/h3-5,12H,1-2,8H2. The first-order valence-corrected chi connectivity index (χ1v) is 5.99. The molecule has 1 aromatic carbocycles. The molecule has 17 heavy (non-hydrogen) atoms. The fraction of sp³-hybridized carbons (Fsp3) is 0.333. The highest BCUT2D eigenvalue weighted by molar-refractivity contribution is 9.10. The van der Waals surface area contributed by atoms with E-state index in [4.69, 9.17) is 15.3 Å². The van der Waals surface area contributed by atoms with E-state index in [1.54, 1.807) is 6.07 Å². The Hall–Kier alpha value is -1.56. The smallest absolute Gasteiger partial charge is 0.161 e. The van der Waals surface area contributed by atoms with Crippen molar-refractivity contribution in [2.45, 2.75) is 6.10 Å². The van der Waals surface area contributed by atoms with E-state index in [2.05, 4.69) is 33.0 Å². The maximum atomic E-state index is 8.92. The summed E-state index contributed by atoms with van der Waals surface area (Å²) in [5.74, 6) is 0. The SMILES string of the molecule is N#Cc1cc(Br)cc(N2CCOC(C#N)C2)c1. The van der Waals surface area contributed by atoms with Gasteiger partial charge < -0.3 is 9.64 Å². The first kappa shape index (κ1) is 11.9. The highest BCUT2D eigenvalue weighted by atomic mass is 79.9. The molecule has 0 bridgehead atoms. The van der Waals surface area contributed by atoms with Crippen molar-refractivity contribution in [3.63, 3.8) is 0 Å². The molecule has 5 heteroatoms. The summed E-state index contributed by atoms with van der Waals surface area (Å²) in [6.07, 6.45) is -0.395. The maximum absolute atomic E-state index is 8.92. The number of nitriles is 2. The lowest BCUT2D eigenvalue weighted by Crippen LogP contribution is -2.41.